The number of hydrogen-bond acceptors (Lipinski definition) is 8. The highest BCUT2D eigenvalue weighted by Gasteiger charge is 2.41. The van der Waals surface area contributed by atoms with Crippen LogP contribution in [-0.4, -0.2) is 80.4 Å². The minimum absolute atomic E-state index is 0.0558. The summed E-state index contributed by atoms with van der Waals surface area (Å²) in [6.07, 6.45) is 10.8. The Kier molecular flexibility index (Phi) is 12.8. The SMILES string of the molecule is C[C@@H]1N=C(N2CCN(C(=O)[C@@H](CCCCNS(C)(=O)=O)CC3CCCCC3)[C@H](C(=O)CCc3cccs3)C2)O[C@H]1c1cccc(Cl)c1. The minimum Gasteiger partial charge on any atom is -0.455 e. The second-order valence-electron chi connectivity index (χ2n) is 13.4. The summed E-state index contributed by atoms with van der Waals surface area (Å²) < 4.78 is 32.1. The van der Waals surface area contributed by atoms with E-state index >= 15 is 0 Å². The lowest BCUT2D eigenvalue weighted by molar-refractivity contribution is -0.146. The van der Waals surface area contributed by atoms with Gasteiger partial charge in [-0.3, -0.25) is 9.59 Å². The van der Waals surface area contributed by atoms with Crippen molar-refractivity contribution in [1.29, 1.82) is 0 Å². The van der Waals surface area contributed by atoms with Gasteiger partial charge in [0.05, 0.1) is 12.3 Å². The van der Waals surface area contributed by atoms with Crippen LogP contribution < -0.4 is 4.72 Å². The molecule has 0 radical (unpaired) electrons. The van der Waals surface area contributed by atoms with Crippen molar-refractivity contribution >= 4 is 50.7 Å². The fourth-order valence-corrected chi connectivity index (χ4v) is 8.63. The van der Waals surface area contributed by atoms with E-state index < -0.39 is 16.1 Å². The molecule has 47 heavy (non-hydrogen) atoms. The zero-order valence-electron chi connectivity index (χ0n) is 27.6. The predicted octanol–water partition coefficient (Wildman–Crippen LogP) is 6.24. The van der Waals surface area contributed by atoms with Crippen molar-refractivity contribution in [2.75, 3.05) is 32.4 Å². The molecule has 1 saturated carbocycles. The van der Waals surface area contributed by atoms with E-state index in [2.05, 4.69) is 4.72 Å². The number of amidine groups is 1. The van der Waals surface area contributed by atoms with Gasteiger partial charge in [0.25, 0.3) is 6.02 Å². The van der Waals surface area contributed by atoms with Crippen LogP contribution in [0, 0.1) is 11.8 Å². The molecule has 258 valence electrons. The Balaban J connectivity index is 1.31. The monoisotopic (exact) mass is 704 g/mol. The van der Waals surface area contributed by atoms with Gasteiger partial charge in [0.1, 0.15) is 12.1 Å². The van der Waals surface area contributed by atoms with Crippen molar-refractivity contribution in [3.05, 3.63) is 57.2 Å². The lowest BCUT2D eigenvalue weighted by Gasteiger charge is -2.42. The van der Waals surface area contributed by atoms with Gasteiger partial charge in [0.15, 0.2) is 5.78 Å². The van der Waals surface area contributed by atoms with E-state index in [1.54, 1.807) is 11.3 Å². The fraction of sp³-hybridized carbons (Fsp3) is 0.629. The van der Waals surface area contributed by atoms with Crippen molar-refractivity contribution in [2.24, 2.45) is 16.8 Å². The minimum atomic E-state index is -3.25. The Morgan fingerprint density at radius 2 is 1.94 bits per heavy atom. The number of benzene rings is 1. The van der Waals surface area contributed by atoms with Gasteiger partial charge in [0.2, 0.25) is 15.9 Å². The topological polar surface area (TPSA) is 108 Å². The number of sulfonamides is 1. The number of piperazine rings is 1. The zero-order valence-corrected chi connectivity index (χ0v) is 30.0. The van der Waals surface area contributed by atoms with Gasteiger partial charge in [0, 0.05) is 48.4 Å². The molecule has 12 heteroatoms. The van der Waals surface area contributed by atoms with Gasteiger partial charge in [-0.2, -0.15) is 0 Å². The maximum Gasteiger partial charge on any atom is 0.288 e. The Morgan fingerprint density at radius 1 is 1.13 bits per heavy atom. The van der Waals surface area contributed by atoms with Crippen LogP contribution in [0.15, 0.2) is 46.8 Å². The van der Waals surface area contributed by atoms with Gasteiger partial charge >= 0.3 is 0 Å². The third-order valence-electron chi connectivity index (χ3n) is 9.70. The molecule has 1 aliphatic carbocycles. The number of nitrogens with zero attached hydrogens (tertiary/aromatic N) is 3. The molecule has 0 spiro atoms. The number of unbranched alkanes of at least 4 members (excludes halogenated alkanes) is 1. The highest BCUT2D eigenvalue weighted by Crippen LogP contribution is 2.34. The number of amides is 1. The van der Waals surface area contributed by atoms with Gasteiger partial charge in [-0.05, 0) is 67.7 Å². The predicted molar refractivity (Wildman–Crippen MR) is 188 cm³/mol. The molecule has 4 atom stereocenters. The van der Waals surface area contributed by atoms with Gasteiger partial charge < -0.3 is 14.5 Å². The summed E-state index contributed by atoms with van der Waals surface area (Å²) in [5.41, 5.74) is 0.957. The number of nitrogens with one attached hydrogen (secondary N) is 1. The number of rotatable bonds is 14. The van der Waals surface area contributed by atoms with Crippen LogP contribution >= 0.6 is 22.9 Å². The Labute approximate surface area is 289 Å². The molecule has 2 fully saturated rings. The van der Waals surface area contributed by atoms with Crippen molar-refractivity contribution in [2.45, 2.75) is 95.7 Å². The lowest BCUT2D eigenvalue weighted by atomic mass is 9.80. The molecular formula is C35H49ClN4O5S2. The molecule has 1 saturated heterocycles. The molecule has 1 N–H and O–H groups in total. The molecule has 2 aromatic rings. The first-order valence-electron chi connectivity index (χ1n) is 17.1. The van der Waals surface area contributed by atoms with Crippen LogP contribution in [0.25, 0.3) is 0 Å². The number of ether oxygens (including phenoxy) is 1. The summed E-state index contributed by atoms with van der Waals surface area (Å²) in [4.78, 5) is 38.3. The summed E-state index contributed by atoms with van der Waals surface area (Å²) in [7, 11) is -3.25. The van der Waals surface area contributed by atoms with Crippen LogP contribution in [0.2, 0.25) is 5.02 Å². The van der Waals surface area contributed by atoms with E-state index in [9.17, 15) is 18.0 Å². The molecule has 1 amide bonds. The maximum absolute atomic E-state index is 14.5. The third kappa shape index (κ3) is 10.3. The van der Waals surface area contributed by atoms with Crippen molar-refractivity contribution in [3.8, 4) is 0 Å². The van der Waals surface area contributed by atoms with Crippen molar-refractivity contribution in [3.63, 3.8) is 0 Å². The zero-order chi connectivity index (χ0) is 33.4. The van der Waals surface area contributed by atoms with Crippen LogP contribution in [0.4, 0.5) is 0 Å². The van der Waals surface area contributed by atoms with Crippen molar-refractivity contribution < 1.29 is 22.7 Å². The molecule has 3 aliphatic rings. The normalized spacial score (nSPS) is 23.0. The molecule has 3 heterocycles. The quantitative estimate of drug-likeness (QED) is 0.234. The average Bonchev–Trinajstić information content (AvgIpc) is 3.72. The molecule has 0 unspecified atom stereocenters. The number of Topliss-reactive ketones (excluding diaryl/α,β-unsaturated/α-hetero) is 1. The van der Waals surface area contributed by atoms with E-state index in [0.29, 0.717) is 68.8 Å². The largest absolute Gasteiger partial charge is 0.455 e. The number of carbonyl (C=O) groups excluding carboxylic acids is 2. The van der Waals surface area contributed by atoms with Crippen LogP contribution in [0.5, 0.6) is 0 Å². The number of ketones is 1. The van der Waals surface area contributed by atoms with Crippen LogP contribution in [0.3, 0.4) is 0 Å². The molecule has 2 aliphatic heterocycles. The van der Waals surface area contributed by atoms with Gasteiger partial charge in [-0.1, -0.05) is 68.3 Å². The average molecular weight is 705 g/mol. The molecule has 5 rings (SSSR count). The highest BCUT2D eigenvalue weighted by molar-refractivity contribution is 7.88. The van der Waals surface area contributed by atoms with Gasteiger partial charge in [-0.25, -0.2) is 18.1 Å². The van der Waals surface area contributed by atoms with E-state index in [1.165, 1.54) is 19.3 Å². The maximum atomic E-state index is 14.5. The van der Waals surface area contributed by atoms with Crippen LogP contribution in [0.1, 0.15) is 87.7 Å². The summed E-state index contributed by atoms with van der Waals surface area (Å²) >= 11 is 7.91. The first-order valence-corrected chi connectivity index (χ1v) is 20.3. The second kappa shape index (κ2) is 16.8. The summed E-state index contributed by atoms with van der Waals surface area (Å²) in [6.45, 7) is 3.68. The smallest absolute Gasteiger partial charge is 0.288 e. The standard InChI is InChI=1S/C35H49ClN4O5S2/c1-25-33(27-13-8-14-29(36)23-27)45-35(38-25)39-19-20-40(31(24-39)32(41)17-16-30-15-9-21-46-30)34(42)28(22-26-10-4-3-5-11-26)12-6-7-18-37-47(2,43)44/h8-9,13-15,21,23,25-26,28,31,33,37H,3-7,10-12,16-20,22,24H2,1-2H3/t25-,28-,31-,33+/m0/s1. The molecule has 1 aromatic carbocycles. The first-order chi connectivity index (χ1) is 22.6. The summed E-state index contributed by atoms with van der Waals surface area (Å²) in [5.74, 6) is 0.429. The van der Waals surface area contributed by atoms with Crippen LogP contribution in [-0.2, 0) is 30.8 Å². The third-order valence-corrected chi connectivity index (χ3v) is 11.6. The number of halogens is 1. The van der Waals surface area contributed by atoms with E-state index in [0.717, 1.165) is 42.4 Å². The van der Waals surface area contributed by atoms with Gasteiger partial charge in [-0.15, -0.1) is 11.3 Å². The summed E-state index contributed by atoms with van der Waals surface area (Å²) in [5, 5.41) is 2.66. The lowest BCUT2D eigenvalue weighted by Crippen LogP contribution is -2.60. The second-order valence-corrected chi connectivity index (χ2v) is 16.7. The highest BCUT2D eigenvalue weighted by atomic mass is 35.5. The molecule has 0 bridgehead atoms. The number of thiophene rings is 1. The fourth-order valence-electron chi connectivity index (χ4n) is 7.21. The Hall–Kier alpha value is -2.47. The molecule has 9 nitrogen and oxygen atoms in total. The van der Waals surface area contributed by atoms with E-state index in [-0.39, 0.29) is 29.8 Å². The molecule has 1 aromatic heterocycles. The Bertz CT molecular complexity index is 1480. The first kappa shape index (κ1) is 35.8. The number of aryl methyl sites for hydroxylation is 1. The number of carbonyl (C=O) groups is 2. The van der Waals surface area contributed by atoms with E-state index in [1.807, 2.05) is 58.5 Å². The Morgan fingerprint density at radius 3 is 2.66 bits per heavy atom. The van der Waals surface area contributed by atoms with E-state index in [4.69, 9.17) is 21.3 Å². The summed E-state index contributed by atoms with van der Waals surface area (Å²) in [6, 6.07) is 11.5. The number of aliphatic imine (C=N–C) groups is 1. The van der Waals surface area contributed by atoms with Crippen molar-refractivity contribution in [1.82, 2.24) is 14.5 Å². The number of hydrogen-bond donors (Lipinski definition) is 1. The molecular weight excluding hydrogens is 656 g/mol.